The molecular weight excluding hydrogens is 643 g/mol. The van der Waals surface area contributed by atoms with E-state index in [1.54, 1.807) is 25.1 Å². The van der Waals surface area contributed by atoms with Crippen LogP contribution in [0.5, 0.6) is 5.75 Å². The van der Waals surface area contributed by atoms with Gasteiger partial charge in [0, 0.05) is 39.8 Å². The lowest BCUT2D eigenvalue weighted by atomic mass is 10.1. The van der Waals surface area contributed by atoms with Gasteiger partial charge in [-0.15, -0.1) is 0 Å². The zero-order chi connectivity index (χ0) is 33.5. The van der Waals surface area contributed by atoms with Crippen molar-refractivity contribution in [3.8, 4) is 5.75 Å². The number of nitrogens with one attached hydrogen (secondary N) is 1. The lowest BCUT2D eigenvalue weighted by Gasteiger charge is -2.34. The number of ether oxygens (including phenoxy) is 1. The van der Waals surface area contributed by atoms with Crippen molar-refractivity contribution in [3.63, 3.8) is 0 Å². The summed E-state index contributed by atoms with van der Waals surface area (Å²) in [7, 11) is -3.10. The molecule has 0 radical (unpaired) electrons. The van der Waals surface area contributed by atoms with Crippen LogP contribution in [0.15, 0.2) is 65.6 Å². The number of benzene rings is 3. The molecule has 3 aromatic carbocycles. The van der Waals surface area contributed by atoms with E-state index in [-0.39, 0.29) is 50.9 Å². The first-order valence-electron chi connectivity index (χ1n) is 14.2. The van der Waals surface area contributed by atoms with Crippen molar-refractivity contribution in [2.24, 2.45) is 0 Å². The number of carbonyl (C=O) groups excluding carboxylic acids is 2. The van der Waals surface area contributed by atoms with Crippen molar-refractivity contribution >= 4 is 56.4 Å². The SMILES string of the molecule is CCC(C)NC(=O)C(CC)N(Cc1c(Cl)cccc1Cl)C(=O)CN(c1ccc(OC)cc1)S(=O)(=O)c1ccc(C)c([N+](=O)[O-])c1. The lowest BCUT2D eigenvalue weighted by Crippen LogP contribution is -2.53. The highest BCUT2D eigenvalue weighted by atomic mass is 35.5. The fourth-order valence-electron chi connectivity index (χ4n) is 4.57. The summed E-state index contributed by atoms with van der Waals surface area (Å²) in [6.07, 6.45) is 0.855. The first-order chi connectivity index (χ1) is 21.2. The molecule has 2 amide bonds. The Kier molecular flexibility index (Phi) is 12.2. The molecule has 0 saturated carbocycles. The van der Waals surface area contributed by atoms with Gasteiger partial charge in [-0.3, -0.25) is 24.0 Å². The first kappa shape index (κ1) is 35.6. The standard InChI is InChI=1S/C31H36Cl2N4O7S/c1-6-21(4)34-31(39)28(7-2)35(18-25-26(32)9-8-10-27(25)33)30(38)19-36(22-12-14-23(44-5)15-13-22)45(42,43)24-16-11-20(3)29(17-24)37(40)41/h8-17,21,28H,6-7,18-19H2,1-5H3,(H,34,39). The molecule has 0 aromatic heterocycles. The second kappa shape index (κ2) is 15.4. The third-order valence-electron chi connectivity index (χ3n) is 7.38. The normalized spacial score (nSPS) is 12.6. The van der Waals surface area contributed by atoms with E-state index < -0.39 is 39.3 Å². The molecule has 0 bridgehead atoms. The van der Waals surface area contributed by atoms with E-state index in [1.807, 2.05) is 13.8 Å². The molecule has 14 heteroatoms. The van der Waals surface area contributed by atoms with Crippen LogP contribution in [-0.4, -0.2) is 55.8 Å². The highest BCUT2D eigenvalue weighted by molar-refractivity contribution is 7.92. The number of anilines is 1. The molecule has 11 nitrogen and oxygen atoms in total. The van der Waals surface area contributed by atoms with Crippen molar-refractivity contribution in [2.45, 2.75) is 64.1 Å². The largest absolute Gasteiger partial charge is 0.497 e. The minimum absolute atomic E-state index is 0.0974. The predicted molar refractivity (Wildman–Crippen MR) is 174 cm³/mol. The topological polar surface area (TPSA) is 139 Å². The van der Waals surface area contributed by atoms with Gasteiger partial charge in [-0.05, 0) is 69.2 Å². The summed E-state index contributed by atoms with van der Waals surface area (Å²) >= 11 is 12.9. The molecule has 3 aromatic rings. The van der Waals surface area contributed by atoms with Crippen molar-refractivity contribution in [1.82, 2.24) is 10.2 Å². The van der Waals surface area contributed by atoms with Crippen molar-refractivity contribution in [2.75, 3.05) is 18.0 Å². The number of methoxy groups -OCH3 is 1. The maximum absolute atomic E-state index is 14.3. The minimum Gasteiger partial charge on any atom is -0.497 e. The molecule has 0 aliphatic carbocycles. The molecule has 0 saturated heterocycles. The molecule has 242 valence electrons. The van der Waals surface area contributed by atoms with Crippen LogP contribution >= 0.6 is 23.2 Å². The fraction of sp³-hybridized carbons (Fsp3) is 0.355. The van der Waals surface area contributed by atoms with Crippen molar-refractivity contribution in [1.29, 1.82) is 0 Å². The third kappa shape index (κ3) is 8.44. The predicted octanol–water partition coefficient (Wildman–Crippen LogP) is 6.14. The van der Waals surface area contributed by atoms with Gasteiger partial charge < -0.3 is 15.0 Å². The summed E-state index contributed by atoms with van der Waals surface area (Å²) in [5.74, 6) is -0.703. The second-order valence-electron chi connectivity index (χ2n) is 10.4. The molecule has 1 N–H and O–H groups in total. The Morgan fingerprint density at radius 2 is 1.64 bits per heavy atom. The molecule has 0 aliphatic heterocycles. The summed E-state index contributed by atoms with van der Waals surface area (Å²) < 4.78 is 34.3. The summed E-state index contributed by atoms with van der Waals surface area (Å²) in [4.78, 5) is 39.6. The number of halogens is 2. The van der Waals surface area contributed by atoms with Gasteiger partial charge in [0.15, 0.2) is 0 Å². The number of rotatable bonds is 14. The van der Waals surface area contributed by atoms with Gasteiger partial charge in [-0.2, -0.15) is 0 Å². The van der Waals surface area contributed by atoms with E-state index in [1.165, 1.54) is 55.3 Å². The van der Waals surface area contributed by atoms with Gasteiger partial charge in [-0.1, -0.05) is 49.2 Å². The number of amides is 2. The van der Waals surface area contributed by atoms with E-state index in [0.29, 0.717) is 17.7 Å². The molecule has 3 rings (SSSR count). The number of carbonyl (C=O) groups is 2. The molecular formula is C31H36Cl2N4O7S. The zero-order valence-electron chi connectivity index (χ0n) is 25.6. The minimum atomic E-state index is -4.55. The average Bonchev–Trinajstić information content (AvgIpc) is 3.00. The van der Waals surface area contributed by atoms with Crippen LogP contribution in [0.4, 0.5) is 11.4 Å². The third-order valence-corrected chi connectivity index (χ3v) is 9.86. The molecule has 2 unspecified atom stereocenters. The Bertz CT molecular complexity index is 1630. The number of nitrogens with zero attached hydrogens (tertiary/aromatic N) is 3. The maximum Gasteiger partial charge on any atom is 0.273 e. The highest BCUT2D eigenvalue weighted by Crippen LogP contribution is 2.31. The summed E-state index contributed by atoms with van der Waals surface area (Å²) in [6, 6.07) is 13.2. The quantitative estimate of drug-likeness (QED) is 0.160. The van der Waals surface area contributed by atoms with Crippen LogP contribution < -0.4 is 14.4 Å². The van der Waals surface area contributed by atoms with E-state index >= 15 is 0 Å². The highest BCUT2D eigenvalue weighted by Gasteiger charge is 2.35. The molecule has 45 heavy (non-hydrogen) atoms. The maximum atomic E-state index is 14.3. The van der Waals surface area contributed by atoms with Crippen LogP contribution in [0.2, 0.25) is 10.0 Å². The van der Waals surface area contributed by atoms with Gasteiger partial charge in [0.2, 0.25) is 11.8 Å². The van der Waals surface area contributed by atoms with Crippen molar-refractivity contribution in [3.05, 3.63) is 92.0 Å². The zero-order valence-corrected chi connectivity index (χ0v) is 27.9. The van der Waals surface area contributed by atoms with Gasteiger partial charge >= 0.3 is 0 Å². The average molecular weight is 680 g/mol. The molecule has 0 aliphatic rings. The van der Waals surface area contributed by atoms with Crippen LogP contribution in [0.25, 0.3) is 0 Å². The smallest absolute Gasteiger partial charge is 0.273 e. The van der Waals surface area contributed by atoms with Gasteiger partial charge in [0.25, 0.3) is 15.7 Å². The second-order valence-corrected chi connectivity index (χ2v) is 13.1. The van der Waals surface area contributed by atoms with Crippen LogP contribution in [0.3, 0.4) is 0 Å². The molecule has 0 spiro atoms. The Morgan fingerprint density at radius 3 is 2.18 bits per heavy atom. The van der Waals surface area contributed by atoms with Gasteiger partial charge in [0.1, 0.15) is 18.3 Å². The monoisotopic (exact) mass is 678 g/mol. The summed E-state index contributed by atoms with van der Waals surface area (Å²) in [5, 5.41) is 15.1. The number of hydrogen-bond donors (Lipinski definition) is 1. The number of nitro groups is 1. The van der Waals surface area contributed by atoms with Crippen LogP contribution in [-0.2, 0) is 26.2 Å². The van der Waals surface area contributed by atoms with Gasteiger partial charge in [0.05, 0.1) is 22.6 Å². The summed E-state index contributed by atoms with van der Waals surface area (Å²) in [6.45, 7) is 6.04. The van der Waals surface area contributed by atoms with Crippen LogP contribution in [0, 0.1) is 17.0 Å². The van der Waals surface area contributed by atoms with Crippen molar-refractivity contribution < 1.29 is 27.7 Å². The number of hydrogen-bond acceptors (Lipinski definition) is 7. The number of nitro benzene ring substituents is 1. The Labute approximate surface area is 273 Å². The van der Waals surface area contributed by atoms with E-state index in [2.05, 4.69) is 5.32 Å². The van der Waals surface area contributed by atoms with E-state index in [0.717, 1.165) is 10.4 Å². The van der Waals surface area contributed by atoms with Gasteiger partial charge in [-0.25, -0.2) is 8.42 Å². The Morgan fingerprint density at radius 1 is 1.02 bits per heavy atom. The number of sulfonamides is 1. The number of aryl methyl sites for hydroxylation is 1. The molecule has 0 heterocycles. The molecule has 2 atom stereocenters. The summed E-state index contributed by atoms with van der Waals surface area (Å²) in [5.41, 5.74) is 0.365. The Balaban J connectivity index is 2.16. The van der Waals surface area contributed by atoms with E-state index in [9.17, 15) is 28.1 Å². The Hall–Kier alpha value is -3.87. The molecule has 0 fully saturated rings. The van der Waals surface area contributed by atoms with E-state index in [4.69, 9.17) is 27.9 Å². The van der Waals surface area contributed by atoms with Crippen LogP contribution in [0.1, 0.15) is 44.7 Å². The fourth-order valence-corrected chi connectivity index (χ4v) is 6.52. The lowest BCUT2D eigenvalue weighted by molar-refractivity contribution is -0.385. The first-order valence-corrected chi connectivity index (χ1v) is 16.4.